The number of rotatable bonds is 13. The summed E-state index contributed by atoms with van der Waals surface area (Å²) in [6.07, 6.45) is 0.634. The van der Waals surface area contributed by atoms with Gasteiger partial charge in [0.2, 0.25) is 5.90 Å². The summed E-state index contributed by atoms with van der Waals surface area (Å²) < 4.78 is 26.9. The number of aliphatic hydroxyl groups excluding tert-OH is 1. The smallest absolute Gasteiger partial charge is 0.252 e. The first-order chi connectivity index (χ1) is 23.4. The second kappa shape index (κ2) is 15.4. The van der Waals surface area contributed by atoms with Crippen molar-refractivity contribution in [2.24, 2.45) is 4.99 Å². The van der Waals surface area contributed by atoms with Crippen molar-refractivity contribution in [1.82, 2.24) is 5.32 Å². The van der Waals surface area contributed by atoms with E-state index in [9.17, 15) is 9.18 Å². The first-order valence-electron chi connectivity index (χ1n) is 16.0. The molecular formula is C40H36BrFN2O4. The van der Waals surface area contributed by atoms with Crippen molar-refractivity contribution in [3.05, 3.63) is 160 Å². The van der Waals surface area contributed by atoms with Crippen LogP contribution in [0.3, 0.4) is 0 Å². The zero-order valence-corrected chi connectivity index (χ0v) is 27.9. The summed E-state index contributed by atoms with van der Waals surface area (Å²) in [5, 5.41) is 12.2. The highest BCUT2D eigenvalue weighted by atomic mass is 79.9. The minimum Gasteiger partial charge on any atom is -0.494 e. The quantitative estimate of drug-likeness (QED) is 0.122. The summed E-state index contributed by atoms with van der Waals surface area (Å²) in [6.45, 7) is 0.808. The number of aliphatic imine (C=N–C) groups is 1. The average Bonchev–Trinajstić information content (AvgIpc) is 3.51. The van der Waals surface area contributed by atoms with Crippen LogP contribution >= 0.6 is 15.9 Å². The summed E-state index contributed by atoms with van der Waals surface area (Å²) >= 11 is 3.52. The Bertz CT molecular complexity index is 1830. The average molecular weight is 708 g/mol. The van der Waals surface area contributed by atoms with Crippen LogP contribution < -0.4 is 10.1 Å². The zero-order valence-electron chi connectivity index (χ0n) is 26.3. The molecule has 0 saturated carbocycles. The number of nitrogens with zero attached hydrogens (tertiary/aromatic N) is 1. The molecule has 1 heterocycles. The van der Waals surface area contributed by atoms with E-state index in [0.717, 1.165) is 32.3 Å². The molecule has 0 saturated heterocycles. The lowest BCUT2D eigenvalue weighted by Crippen LogP contribution is -2.50. The third-order valence-corrected chi connectivity index (χ3v) is 8.88. The van der Waals surface area contributed by atoms with Crippen LogP contribution in [-0.2, 0) is 22.4 Å². The van der Waals surface area contributed by atoms with Gasteiger partial charge in [0.25, 0.3) is 5.91 Å². The number of aliphatic hydroxyl groups is 1. The lowest BCUT2D eigenvalue weighted by Gasteiger charge is -2.31. The summed E-state index contributed by atoms with van der Waals surface area (Å²) in [4.78, 5) is 19.7. The Morgan fingerprint density at radius 3 is 2.17 bits per heavy atom. The molecule has 2 atom stereocenters. The summed E-state index contributed by atoms with van der Waals surface area (Å²) in [5.41, 5.74) is 4.19. The fourth-order valence-electron chi connectivity index (χ4n) is 5.80. The second-order valence-corrected chi connectivity index (χ2v) is 12.6. The third kappa shape index (κ3) is 7.84. The highest BCUT2D eigenvalue weighted by Gasteiger charge is 2.53. The van der Waals surface area contributed by atoms with Crippen LogP contribution in [0.25, 0.3) is 11.1 Å². The fraction of sp³-hybridized carbons (Fsp3) is 0.200. The second-order valence-electron chi connectivity index (χ2n) is 11.7. The Morgan fingerprint density at radius 1 is 0.833 bits per heavy atom. The number of carbonyl (C=O) groups excluding carboxylic acids is 1. The van der Waals surface area contributed by atoms with Gasteiger partial charge < -0.3 is 19.9 Å². The van der Waals surface area contributed by atoms with E-state index in [-0.39, 0.29) is 18.3 Å². The molecule has 5 aromatic rings. The van der Waals surface area contributed by atoms with Crippen LogP contribution in [0.4, 0.5) is 4.39 Å². The molecule has 0 bridgehead atoms. The maximum atomic E-state index is 14.5. The molecule has 6 nitrogen and oxygen atoms in total. The van der Waals surface area contributed by atoms with E-state index in [1.54, 1.807) is 12.1 Å². The van der Waals surface area contributed by atoms with Gasteiger partial charge in [-0.3, -0.25) is 4.79 Å². The SMILES string of the molecule is O=C(NCCc1ccc(F)cc1)[C@]1(Cc2ccc(Br)cc2)N=C(c2ccc(OCCCO)cc2)O[C@@H]1c1ccc(-c2ccccc2)cc1. The van der Waals surface area contributed by atoms with Crippen molar-refractivity contribution in [2.75, 3.05) is 19.8 Å². The summed E-state index contributed by atoms with van der Waals surface area (Å²) in [6, 6.07) is 39.8. The van der Waals surface area contributed by atoms with E-state index >= 15 is 0 Å². The first-order valence-corrected chi connectivity index (χ1v) is 16.8. The van der Waals surface area contributed by atoms with Gasteiger partial charge in [-0.2, -0.15) is 0 Å². The molecule has 0 unspecified atom stereocenters. The molecule has 48 heavy (non-hydrogen) atoms. The molecule has 8 heteroatoms. The predicted octanol–water partition coefficient (Wildman–Crippen LogP) is 7.87. The normalized spacial score (nSPS) is 17.0. The van der Waals surface area contributed by atoms with Crippen molar-refractivity contribution in [3.63, 3.8) is 0 Å². The van der Waals surface area contributed by atoms with Crippen LogP contribution in [0, 0.1) is 5.82 Å². The lowest BCUT2D eigenvalue weighted by atomic mass is 9.81. The highest BCUT2D eigenvalue weighted by Crippen LogP contribution is 2.43. The number of hydrogen-bond donors (Lipinski definition) is 2. The maximum absolute atomic E-state index is 14.5. The molecule has 0 spiro atoms. The van der Waals surface area contributed by atoms with Gasteiger partial charge in [-0.1, -0.05) is 94.8 Å². The predicted molar refractivity (Wildman–Crippen MR) is 190 cm³/mol. The molecule has 244 valence electrons. The van der Waals surface area contributed by atoms with Gasteiger partial charge in [0.05, 0.1) is 6.61 Å². The van der Waals surface area contributed by atoms with Crippen molar-refractivity contribution < 1.29 is 23.8 Å². The molecule has 1 aliphatic rings. The molecule has 6 rings (SSSR count). The largest absolute Gasteiger partial charge is 0.494 e. The maximum Gasteiger partial charge on any atom is 0.252 e. The van der Waals surface area contributed by atoms with E-state index < -0.39 is 11.6 Å². The lowest BCUT2D eigenvalue weighted by molar-refractivity contribution is -0.128. The van der Waals surface area contributed by atoms with Gasteiger partial charge in [0.1, 0.15) is 11.6 Å². The minimum atomic E-state index is -1.34. The van der Waals surface area contributed by atoms with Gasteiger partial charge >= 0.3 is 0 Å². The molecule has 1 amide bonds. The molecule has 0 fully saturated rings. The van der Waals surface area contributed by atoms with Gasteiger partial charge in [0, 0.05) is 36.0 Å². The van der Waals surface area contributed by atoms with Crippen LogP contribution in [0.5, 0.6) is 5.75 Å². The molecule has 1 aliphatic heterocycles. The zero-order chi connectivity index (χ0) is 33.3. The molecular weight excluding hydrogens is 671 g/mol. The Morgan fingerprint density at radius 2 is 1.48 bits per heavy atom. The van der Waals surface area contributed by atoms with E-state index in [1.165, 1.54) is 12.1 Å². The molecule has 5 aromatic carbocycles. The first kappa shape index (κ1) is 33.1. The Labute approximate surface area is 288 Å². The number of carbonyl (C=O) groups is 1. The molecule has 0 aliphatic carbocycles. The number of benzene rings is 5. The van der Waals surface area contributed by atoms with Gasteiger partial charge in [-0.15, -0.1) is 0 Å². The molecule has 0 radical (unpaired) electrons. The Balaban J connectivity index is 1.37. The number of nitrogens with one attached hydrogen (secondary N) is 1. The van der Waals surface area contributed by atoms with Crippen LogP contribution in [0.15, 0.2) is 137 Å². The Hall–Kier alpha value is -4.79. The number of halogens is 2. The highest BCUT2D eigenvalue weighted by molar-refractivity contribution is 9.10. The third-order valence-electron chi connectivity index (χ3n) is 8.35. The number of hydrogen-bond acceptors (Lipinski definition) is 5. The van der Waals surface area contributed by atoms with Gasteiger partial charge in [0.15, 0.2) is 11.6 Å². The summed E-state index contributed by atoms with van der Waals surface area (Å²) in [7, 11) is 0. The van der Waals surface area contributed by atoms with Crippen LogP contribution in [0.1, 0.15) is 34.8 Å². The van der Waals surface area contributed by atoms with E-state index in [1.807, 2.05) is 91.0 Å². The van der Waals surface area contributed by atoms with Crippen molar-refractivity contribution in [2.45, 2.75) is 30.9 Å². The van der Waals surface area contributed by atoms with Crippen molar-refractivity contribution in [1.29, 1.82) is 0 Å². The van der Waals surface area contributed by atoms with E-state index in [4.69, 9.17) is 19.6 Å². The Kier molecular flexibility index (Phi) is 10.6. The minimum absolute atomic E-state index is 0.0584. The van der Waals surface area contributed by atoms with E-state index in [0.29, 0.717) is 49.6 Å². The van der Waals surface area contributed by atoms with Gasteiger partial charge in [-0.05, 0) is 82.8 Å². The summed E-state index contributed by atoms with van der Waals surface area (Å²) in [5.74, 6) is 0.467. The standard InChI is InChI=1S/C40H36BrFN2O4/c41-34-17-7-29(8-18-34)27-40(39(46)43-24-23-28-9-19-35(42)20-10-28)37(32-13-11-31(12-14-32)30-5-2-1-3-6-30)48-38(44-40)33-15-21-36(22-16-33)47-26-4-25-45/h1-3,5-22,37,45H,4,23-27H2,(H,43,46)/t37-,40-/m1/s1. The topological polar surface area (TPSA) is 80.2 Å². The van der Waals surface area contributed by atoms with Crippen LogP contribution in [0.2, 0.25) is 0 Å². The van der Waals surface area contributed by atoms with E-state index in [2.05, 4.69) is 33.4 Å². The number of ether oxygens (including phenoxy) is 2. The van der Waals surface area contributed by atoms with Crippen molar-refractivity contribution in [3.8, 4) is 16.9 Å². The molecule has 0 aromatic heterocycles. The van der Waals surface area contributed by atoms with Crippen LogP contribution in [-0.4, -0.2) is 42.2 Å². The number of amides is 1. The fourth-order valence-corrected chi connectivity index (χ4v) is 6.07. The monoisotopic (exact) mass is 706 g/mol. The molecule has 2 N–H and O–H groups in total. The van der Waals surface area contributed by atoms with Crippen molar-refractivity contribution >= 4 is 27.7 Å². The van der Waals surface area contributed by atoms with Gasteiger partial charge in [-0.25, -0.2) is 9.38 Å².